The van der Waals surface area contributed by atoms with Gasteiger partial charge in [0.2, 0.25) is 0 Å². The summed E-state index contributed by atoms with van der Waals surface area (Å²) in [6, 6.07) is 0. The third kappa shape index (κ3) is 7.08. The minimum absolute atomic E-state index is 0.106. The topological polar surface area (TPSA) is 0 Å². The Labute approximate surface area is 188 Å². The quantitative estimate of drug-likeness (QED) is 0.277. The Morgan fingerprint density at radius 3 is 1.00 bits per heavy atom. The molecule has 1 fully saturated rings. The van der Waals surface area contributed by atoms with Gasteiger partial charge in [0.1, 0.15) is 16.1 Å². The largest absolute Gasteiger partial charge is 0.131 e. The molecule has 0 amide bonds. The molecule has 0 bridgehead atoms. The van der Waals surface area contributed by atoms with Gasteiger partial charge in [-0.2, -0.15) is 0 Å². The number of rotatable bonds is 2. The Kier molecular flexibility index (Phi) is 8.06. The van der Waals surface area contributed by atoms with E-state index in [-0.39, 0.29) is 11.8 Å². The molecule has 156 valence electrons. The van der Waals surface area contributed by atoms with E-state index >= 15 is 0 Å². The fourth-order valence-electron chi connectivity index (χ4n) is 2.79. The van der Waals surface area contributed by atoms with E-state index in [4.69, 9.17) is 23.2 Å². The van der Waals surface area contributed by atoms with Crippen LogP contribution in [0.25, 0.3) is 0 Å². The van der Waals surface area contributed by atoms with Crippen LogP contribution in [0, 0.1) is 34.8 Å². The summed E-state index contributed by atoms with van der Waals surface area (Å²) in [7, 11) is -6.31. The van der Waals surface area contributed by atoms with Gasteiger partial charge in [0.15, 0.2) is 0 Å². The fraction of sp³-hybridized carbons (Fsp3) is 0.636. The Balaban J connectivity index is 3.80. The molecule has 1 aliphatic rings. The Morgan fingerprint density at radius 2 is 0.821 bits per heavy atom. The lowest BCUT2D eigenvalue weighted by atomic mass is 9.67. The van der Waals surface area contributed by atoms with Gasteiger partial charge < -0.3 is 0 Å². The Hall–Kier alpha value is 0.0475. The van der Waals surface area contributed by atoms with E-state index in [1.54, 1.807) is 0 Å². The lowest BCUT2D eigenvalue weighted by Gasteiger charge is -2.42. The highest BCUT2D eigenvalue weighted by atomic mass is 35.5. The molecule has 0 unspecified atom stereocenters. The van der Waals surface area contributed by atoms with Gasteiger partial charge in [0.05, 0.1) is 28.0 Å². The highest BCUT2D eigenvalue weighted by Gasteiger charge is 2.46. The molecule has 0 aromatic carbocycles. The van der Waals surface area contributed by atoms with Crippen molar-refractivity contribution in [1.29, 1.82) is 0 Å². The normalized spacial score (nSPS) is 24.4. The van der Waals surface area contributed by atoms with E-state index in [1.165, 1.54) is 11.1 Å². The van der Waals surface area contributed by atoms with Crippen molar-refractivity contribution in [3.63, 3.8) is 0 Å². The van der Waals surface area contributed by atoms with E-state index in [2.05, 4.69) is 101 Å². The first-order valence-electron chi connectivity index (χ1n) is 10.1. The minimum atomic E-state index is -1.67. The van der Waals surface area contributed by atoms with Crippen molar-refractivity contribution in [2.45, 2.75) is 78.6 Å². The molecule has 1 saturated carbocycles. The van der Waals surface area contributed by atoms with Crippen LogP contribution in [0.1, 0.15) is 0 Å². The number of halogens is 2. The molecule has 2 atom stereocenters. The summed E-state index contributed by atoms with van der Waals surface area (Å²) >= 11 is 14.0. The molecule has 28 heavy (non-hydrogen) atoms. The molecule has 0 aromatic rings. The van der Waals surface area contributed by atoms with E-state index < -0.39 is 32.3 Å². The second-order valence-corrected chi connectivity index (χ2v) is 32.8. The van der Waals surface area contributed by atoms with Crippen LogP contribution in [0.3, 0.4) is 0 Å². The molecule has 0 radical (unpaired) electrons. The molecular formula is C22H38Cl2Si4. The van der Waals surface area contributed by atoms with Gasteiger partial charge in [-0.3, -0.25) is 0 Å². The molecule has 0 saturated heterocycles. The van der Waals surface area contributed by atoms with Gasteiger partial charge in [-0.15, -0.1) is 22.9 Å². The maximum Gasteiger partial charge on any atom is 0.129 e. The van der Waals surface area contributed by atoms with Crippen molar-refractivity contribution in [2.75, 3.05) is 0 Å². The lowest BCUT2D eigenvalue weighted by Crippen LogP contribution is -2.39. The molecule has 0 aliphatic heterocycles. The van der Waals surface area contributed by atoms with Crippen LogP contribution < -0.4 is 0 Å². The molecule has 0 nitrogen and oxygen atoms in total. The predicted octanol–water partition coefficient (Wildman–Crippen LogP) is 7.73. The van der Waals surface area contributed by atoms with Crippen LogP contribution in [0.2, 0.25) is 78.6 Å². The highest BCUT2D eigenvalue weighted by Crippen LogP contribution is 2.52. The van der Waals surface area contributed by atoms with E-state index in [1.807, 2.05) is 0 Å². The second-order valence-electron chi connectivity index (χ2n) is 11.9. The molecule has 0 N–H and O–H groups in total. The maximum atomic E-state index is 7.02. The molecule has 6 heteroatoms. The van der Waals surface area contributed by atoms with Crippen molar-refractivity contribution in [3.8, 4) is 22.9 Å². The zero-order chi connectivity index (χ0) is 22.3. The molecule has 0 aromatic heterocycles. The summed E-state index contributed by atoms with van der Waals surface area (Å²) in [5.74, 6) is 7.44. The third-order valence-corrected chi connectivity index (χ3v) is 13.0. The Morgan fingerprint density at radius 1 is 0.571 bits per heavy atom. The summed E-state index contributed by atoms with van der Waals surface area (Å²) < 4.78 is 2.06. The average molecular weight is 486 g/mol. The number of hydrogen-bond donors (Lipinski definition) is 0. The van der Waals surface area contributed by atoms with Gasteiger partial charge >= 0.3 is 0 Å². The number of allylic oxidation sites excluding steroid dienone is 2. The zero-order valence-electron chi connectivity index (χ0n) is 19.9. The van der Waals surface area contributed by atoms with Crippen LogP contribution >= 0.6 is 23.2 Å². The first kappa shape index (κ1) is 26.1. The monoisotopic (exact) mass is 484 g/mol. The second kappa shape index (κ2) is 8.65. The molecular weight excluding hydrogens is 447 g/mol. The van der Waals surface area contributed by atoms with Crippen molar-refractivity contribution in [1.82, 2.24) is 0 Å². The molecule has 0 heterocycles. The van der Waals surface area contributed by atoms with Gasteiger partial charge in [-0.25, -0.2) is 0 Å². The summed E-state index contributed by atoms with van der Waals surface area (Å²) in [6.07, 6.45) is 0. The smallest absolute Gasteiger partial charge is 0.129 e. The van der Waals surface area contributed by atoms with Crippen LogP contribution in [-0.2, 0) is 0 Å². The average Bonchev–Trinajstić information content (AvgIpc) is 2.40. The van der Waals surface area contributed by atoms with E-state index in [9.17, 15) is 0 Å². The SMILES string of the molecule is C[Si](C)(C)C#C[C@H]1C(=C(/Cl)[Si](C)(C)C)/C(=C(\Cl)[Si](C)(C)C)[C@@H]1C#C[Si](C)(C)C. The van der Waals surface area contributed by atoms with Crippen molar-refractivity contribution in [2.24, 2.45) is 11.8 Å². The number of hydrogen-bond acceptors (Lipinski definition) is 0. The zero-order valence-corrected chi connectivity index (χ0v) is 25.4. The van der Waals surface area contributed by atoms with Crippen LogP contribution in [0.5, 0.6) is 0 Å². The van der Waals surface area contributed by atoms with Crippen LogP contribution in [0.4, 0.5) is 0 Å². The highest BCUT2D eigenvalue weighted by molar-refractivity contribution is 6.92. The van der Waals surface area contributed by atoms with E-state index in [0.717, 1.165) is 9.31 Å². The summed E-state index contributed by atoms with van der Waals surface area (Å²) in [5.41, 5.74) is 9.61. The summed E-state index contributed by atoms with van der Waals surface area (Å²) in [5, 5.41) is 0. The maximum absolute atomic E-state index is 7.02. The molecule has 1 aliphatic carbocycles. The Bertz CT molecular complexity index is 732. The van der Waals surface area contributed by atoms with Gasteiger partial charge in [-0.1, -0.05) is 102 Å². The lowest BCUT2D eigenvalue weighted by molar-refractivity contribution is 0.556. The summed E-state index contributed by atoms with van der Waals surface area (Å²) in [6.45, 7) is 27.5. The minimum Gasteiger partial charge on any atom is -0.131 e. The molecule has 0 spiro atoms. The fourth-order valence-corrected chi connectivity index (χ4v) is 6.60. The van der Waals surface area contributed by atoms with Crippen LogP contribution in [-0.4, -0.2) is 32.3 Å². The van der Waals surface area contributed by atoms with Crippen molar-refractivity contribution < 1.29 is 0 Å². The van der Waals surface area contributed by atoms with Gasteiger partial charge in [-0.05, 0) is 11.1 Å². The van der Waals surface area contributed by atoms with Gasteiger partial charge in [0, 0.05) is 9.31 Å². The third-order valence-electron chi connectivity index (χ3n) is 4.24. The standard InChI is InChI=1S/C22H38Cl2Si4/c1-25(2,3)15-13-17-18(14-16-26(4,5)6)20(22(24)28(10,11)12)19(17)21(23)27(7,8)9/h17-18H,1-12H3/b21-19+,22-20+/t17-,18-/m1/s1. The predicted molar refractivity (Wildman–Crippen MR) is 142 cm³/mol. The first-order chi connectivity index (χ1) is 12.3. The van der Waals surface area contributed by atoms with Crippen molar-refractivity contribution >= 4 is 55.5 Å². The first-order valence-corrected chi connectivity index (χ1v) is 24.9. The summed E-state index contributed by atoms with van der Waals surface area (Å²) in [4.78, 5) is 0. The molecule has 1 rings (SSSR count). The van der Waals surface area contributed by atoms with Crippen molar-refractivity contribution in [3.05, 3.63) is 20.5 Å². The van der Waals surface area contributed by atoms with Gasteiger partial charge in [0.25, 0.3) is 0 Å². The van der Waals surface area contributed by atoms with Crippen LogP contribution in [0.15, 0.2) is 20.5 Å². The van der Waals surface area contributed by atoms with E-state index in [0.29, 0.717) is 0 Å².